The van der Waals surface area contributed by atoms with Gasteiger partial charge in [0.15, 0.2) is 0 Å². The molecule has 0 aromatic heterocycles. The summed E-state index contributed by atoms with van der Waals surface area (Å²) in [6, 6.07) is 22.6. The molecule has 4 rings (SSSR count). The predicted octanol–water partition coefficient (Wildman–Crippen LogP) is 5.00. The van der Waals surface area contributed by atoms with Crippen LogP contribution in [0.1, 0.15) is 36.0 Å². The highest BCUT2D eigenvalue weighted by atomic mass is 16.5. The highest BCUT2D eigenvalue weighted by molar-refractivity contribution is 5.95. The van der Waals surface area contributed by atoms with Gasteiger partial charge in [0.05, 0.1) is 7.11 Å². The Morgan fingerprint density at radius 3 is 2.50 bits per heavy atom. The summed E-state index contributed by atoms with van der Waals surface area (Å²) in [6.45, 7) is 0. The molecule has 0 aliphatic heterocycles. The molecule has 2 N–H and O–H groups in total. The fraction of sp³-hybridized carbons (Fsp3) is 0.292. The van der Waals surface area contributed by atoms with Gasteiger partial charge in [0.1, 0.15) is 5.75 Å². The molecule has 0 spiro atoms. The Bertz CT molecular complexity index is 947. The lowest BCUT2D eigenvalue weighted by Gasteiger charge is -2.31. The van der Waals surface area contributed by atoms with Crippen LogP contribution in [0, 0.1) is 0 Å². The van der Waals surface area contributed by atoms with Crippen LogP contribution in [0.4, 0.5) is 5.69 Å². The SMILES string of the molecule is COc1ccc(C(=O)N[C@@H]2CCC[C@H](Nc3cccc4ccccc34)C2)cc1. The van der Waals surface area contributed by atoms with Crippen LogP contribution in [0.5, 0.6) is 5.75 Å². The molecule has 3 aromatic rings. The van der Waals surface area contributed by atoms with Crippen molar-refractivity contribution in [2.45, 2.75) is 37.8 Å². The number of amides is 1. The van der Waals surface area contributed by atoms with Crippen molar-refractivity contribution in [3.05, 3.63) is 72.3 Å². The summed E-state index contributed by atoms with van der Waals surface area (Å²) in [6.07, 6.45) is 4.19. The minimum atomic E-state index is -0.0153. The van der Waals surface area contributed by atoms with Gasteiger partial charge in [0.25, 0.3) is 5.91 Å². The monoisotopic (exact) mass is 374 g/mol. The molecule has 0 radical (unpaired) electrons. The molecule has 0 bridgehead atoms. The molecule has 4 nitrogen and oxygen atoms in total. The van der Waals surface area contributed by atoms with Gasteiger partial charge < -0.3 is 15.4 Å². The third-order valence-corrected chi connectivity index (χ3v) is 5.51. The smallest absolute Gasteiger partial charge is 0.251 e. The second kappa shape index (κ2) is 8.34. The molecule has 144 valence electrons. The van der Waals surface area contributed by atoms with Gasteiger partial charge in [-0.15, -0.1) is 0 Å². The maximum atomic E-state index is 12.6. The van der Waals surface area contributed by atoms with Gasteiger partial charge in [-0.3, -0.25) is 4.79 Å². The third-order valence-electron chi connectivity index (χ3n) is 5.51. The number of anilines is 1. The maximum absolute atomic E-state index is 12.6. The lowest BCUT2D eigenvalue weighted by Crippen LogP contribution is -2.41. The molecule has 1 aliphatic rings. The van der Waals surface area contributed by atoms with Crippen molar-refractivity contribution in [1.82, 2.24) is 5.32 Å². The lowest BCUT2D eigenvalue weighted by molar-refractivity contribution is 0.0926. The van der Waals surface area contributed by atoms with Crippen LogP contribution in [0.15, 0.2) is 66.7 Å². The van der Waals surface area contributed by atoms with E-state index >= 15 is 0 Å². The van der Waals surface area contributed by atoms with E-state index in [2.05, 4.69) is 53.1 Å². The summed E-state index contributed by atoms with van der Waals surface area (Å²) in [5, 5.41) is 9.41. The molecule has 0 heterocycles. The van der Waals surface area contributed by atoms with Crippen molar-refractivity contribution in [2.24, 2.45) is 0 Å². The van der Waals surface area contributed by atoms with Crippen molar-refractivity contribution in [3.63, 3.8) is 0 Å². The number of benzene rings is 3. The van der Waals surface area contributed by atoms with Gasteiger partial charge in [-0.2, -0.15) is 0 Å². The number of carbonyl (C=O) groups is 1. The number of hydrogen-bond acceptors (Lipinski definition) is 3. The summed E-state index contributed by atoms with van der Waals surface area (Å²) in [4.78, 5) is 12.6. The first-order valence-corrected chi connectivity index (χ1v) is 9.92. The number of nitrogens with one attached hydrogen (secondary N) is 2. The zero-order valence-corrected chi connectivity index (χ0v) is 16.2. The molecule has 3 aromatic carbocycles. The van der Waals surface area contributed by atoms with Crippen molar-refractivity contribution >= 4 is 22.4 Å². The van der Waals surface area contributed by atoms with Crippen LogP contribution in [0.2, 0.25) is 0 Å². The fourth-order valence-corrected chi connectivity index (χ4v) is 4.03. The van der Waals surface area contributed by atoms with Crippen molar-refractivity contribution in [1.29, 1.82) is 0 Å². The van der Waals surface area contributed by atoms with Gasteiger partial charge in [-0.25, -0.2) is 0 Å². The standard InChI is InChI=1S/C24H26N2O2/c1-28-21-14-12-18(13-15-21)24(27)26-20-9-5-8-19(16-20)25-23-11-4-7-17-6-2-3-10-22(17)23/h2-4,6-7,10-15,19-20,25H,5,8-9,16H2,1H3,(H,26,27)/t19-,20+/m0/s1. The Hall–Kier alpha value is -3.01. The Labute approximate surface area is 165 Å². The average Bonchev–Trinajstić information content (AvgIpc) is 2.74. The lowest BCUT2D eigenvalue weighted by atomic mass is 9.90. The van der Waals surface area contributed by atoms with Crippen molar-refractivity contribution in [3.8, 4) is 5.75 Å². The van der Waals surface area contributed by atoms with Crippen LogP contribution in [0.3, 0.4) is 0 Å². The topological polar surface area (TPSA) is 50.4 Å². The summed E-state index contributed by atoms with van der Waals surface area (Å²) in [5.41, 5.74) is 1.84. The molecule has 4 heteroatoms. The first-order chi connectivity index (χ1) is 13.7. The largest absolute Gasteiger partial charge is 0.497 e. The van der Waals surface area contributed by atoms with E-state index in [9.17, 15) is 4.79 Å². The highest BCUT2D eigenvalue weighted by Gasteiger charge is 2.24. The van der Waals surface area contributed by atoms with Crippen LogP contribution in [-0.2, 0) is 0 Å². The van der Waals surface area contributed by atoms with Crippen LogP contribution in [-0.4, -0.2) is 25.1 Å². The quantitative estimate of drug-likeness (QED) is 0.661. The third kappa shape index (κ3) is 4.11. The summed E-state index contributed by atoms with van der Waals surface area (Å²) < 4.78 is 5.16. The Morgan fingerprint density at radius 1 is 0.929 bits per heavy atom. The van der Waals surface area contributed by atoms with Crippen LogP contribution >= 0.6 is 0 Å². The van der Waals surface area contributed by atoms with Gasteiger partial charge >= 0.3 is 0 Å². The molecule has 1 saturated carbocycles. The van der Waals surface area contributed by atoms with Gasteiger partial charge in [0, 0.05) is 28.7 Å². The minimum absolute atomic E-state index is 0.0153. The predicted molar refractivity (Wildman–Crippen MR) is 114 cm³/mol. The van der Waals surface area contributed by atoms with Crippen LogP contribution < -0.4 is 15.4 Å². The van der Waals surface area contributed by atoms with E-state index in [0.29, 0.717) is 11.6 Å². The van der Waals surface area contributed by atoms with E-state index < -0.39 is 0 Å². The van der Waals surface area contributed by atoms with Gasteiger partial charge in [-0.05, 0) is 61.4 Å². The van der Waals surface area contributed by atoms with E-state index in [1.807, 2.05) is 24.3 Å². The molecule has 1 aliphatic carbocycles. The molecular weight excluding hydrogens is 348 g/mol. The number of carbonyl (C=O) groups excluding carboxylic acids is 1. The normalized spacial score (nSPS) is 19.2. The molecule has 0 saturated heterocycles. The van der Waals surface area contributed by atoms with Gasteiger partial charge in [0.2, 0.25) is 0 Å². The Balaban J connectivity index is 1.40. The Morgan fingerprint density at radius 2 is 1.68 bits per heavy atom. The van der Waals surface area contributed by atoms with Crippen molar-refractivity contribution < 1.29 is 9.53 Å². The second-order valence-electron chi connectivity index (χ2n) is 7.43. The molecule has 28 heavy (non-hydrogen) atoms. The summed E-state index contributed by atoms with van der Waals surface area (Å²) in [5.74, 6) is 0.743. The maximum Gasteiger partial charge on any atom is 0.251 e. The van der Waals surface area contributed by atoms with E-state index in [4.69, 9.17) is 4.74 Å². The molecule has 1 fully saturated rings. The molecule has 0 unspecified atom stereocenters. The van der Waals surface area contributed by atoms with E-state index in [-0.39, 0.29) is 11.9 Å². The summed E-state index contributed by atoms with van der Waals surface area (Å²) in [7, 11) is 1.63. The van der Waals surface area contributed by atoms with Gasteiger partial charge in [-0.1, -0.05) is 36.4 Å². The van der Waals surface area contributed by atoms with E-state index in [1.54, 1.807) is 7.11 Å². The number of methoxy groups -OCH3 is 1. The number of ether oxygens (including phenoxy) is 1. The first-order valence-electron chi connectivity index (χ1n) is 9.92. The zero-order chi connectivity index (χ0) is 19.3. The zero-order valence-electron chi connectivity index (χ0n) is 16.2. The van der Waals surface area contributed by atoms with Crippen molar-refractivity contribution in [2.75, 3.05) is 12.4 Å². The number of fused-ring (bicyclic) bond motifs is 1. The van der Waals surface area contributed by atoms with E-state index in [1.165, 1.54) is 16.5 Å². The second-order valence-corrected chi connectivity index (χ2v) is 7.43. The number of rotatable bonds is 5. The number of hydrogen-bond donors (Lipinski definition) is 2. The Kier molecular flexibility index (Phi) is 5.47. The molecule has 2 atom stereocenters. The first kappa shape index (κ1) is 18.4. The molecular formula is C24H26N2O2. The van der Waals surface area contributed by atoms with Crippen LogP contribution in [0.25, 0.3) is 10.8 Å². The minimum Gasteiger partial charge on any atom is -0.497 e. The highest BCUT2D eigenvalue weighted by Crippen LogP contribution is 2.27. The fourth-order valence-electron chi connectivity index (χ4n) is 4.03. The molecule has 1 amide bonds. The summed E-state index contributed by atoms with van der Waals surface area (Å²) >= 11 is 0. The average molecular weight is 374 g/mol. The van der Waals surface area contributed by atoms with E-state index in [0.717, 1.165) is 31.4 Å².